The number of nitrogens with one attached hydrogen (secondary N) is 3. The van der Waals surface area contributed by atoms with Crippen LogP contribution in [0.25, 0.3) is 0 Å². The van der Waals surface area contributed by atoms with Crippen molar-refractivity contribution in [3.8, 4) is 0 Å². The van der Waals surface area contributed by atoms with Crippen LogP contribution in [0.3, 0.4) is 0 Å². The third-order valence-electron chi connectivity index (χ3n) is 5.45. The van der Waals surface area contributed by atoms with Crippen molar-refractivity contribution in [2.45, 2.75) is 32.7 Å². The lowest BCUT2D eigenvalue weighted by molar-refractivity contribution is -0.127. The van der Waals surface area contributed by atoms with Crippen LogP contribution in [-0.2, 0) is 9.59 Å². The molecular weight excluding hydrogens is 380 g/mol. The average Bonchev–Trinajstić information content (AvgIpc) is 2.77. The Morgan fingerprint density at radius 2 is 1.67 bits per heavy atom. The first-order valence-electron chi connectivity index (χ1n) is 10.2. The molecule has 0 aromatic heterocycles. The van der Waals surface area contributed by atoms with Gasteiger partial charge in [0.25, 0.3) is 11.8 Å². The maximum atomic E-state index is 12.5. The van der Waals surface area contributed by atoms with Crippen molar-refractivity contribution < 1.29 is 14.4 Å². The average molecular weight is 409 g/mol. The van der Waals surface area contributed by atoms with Gasteiger partial charge in [-0.05, 0) is 64.0 Å². The molecular formula is C23H28N4O3. The normalized spacial score (nSPS) is 15.8. The first-order valence-corrected chi connectivity index (χ1v) is 10.2. The van der Waals surface area contributed by atoms with Crippen LogP contribution < -0.4 is 16.2 Å². The molecule has 158 valence electrons. The quantitative estimate of drug-likeness (QED) is 0.663. The summed E-state index contributed by atoms with van der Waals surface area (Å²) in [6, 6.07) is 16.2. The van der Waals surface area contributed by atoms with Gasteiger partial charge in [-0.25, -0.2) is 0 Å². The van der Waals surface area contributed by atoms with E-state index in [4.69, 9.17) is 0 Å². The molecule has 1 aliphatic heterocycles. The third kappa shape index (κ3) is 5.67. The number of benzene rings is 2. The summed E-state index contributed by atoms with van der Waals surface area (Å²) in [5.74, 6) is -0.681. The van der Waals surface area contributed by atoms with Crippen molar-refractivity contribution in [3.63, 3.8) is 0 Å². The zero-order valence-electron chi connectivity index (χ0n) is 17.4. The first kappa shape index (κ1) is 21.5. The SMILES string of the molecule is Cc1cccc(C(=O)NNC(=O)[C@H](C)N2CCC(C(=O)Nc3ccccc3)CC2)c1. The first-order chi connectivity index (χ1) is 14.4. The van der Waals surface area contributed by atoms with Gasteiger partial charge in [-0.3, -0.25) is 30.1 Å². The fraction of sp³-hybridized carbons (Fsp3) is 0.348. The van der Waals surface area contributed by atoms with Crippen molar-refractivity contribution >= 4 is 23.4 Å². The minimum Gasteiger partial charge on any atom is -0.326 e. The van der Waals surface area contributed by atoms with E-state index >= 15 is 0 Å². The van der Waals surface area contributed by atoms with Crippen LogP contribution in [0.2, 0.25) is 0 Å². The van der Waals surface area contributed by atoms with E-state index in [1.807, 2.05) is 48.2 Å². The van der Waals surface area contributed by atoms with Gasteiger partial charge >= 0.3 is 0 Å². The highest BCUT2D eigenvalue weighted by atomic mass is 16.2. The monoisotopic (exact) mass is 408 g/mol. The van der Waals surface area contributed by atoms with Crippen LogP contribution in [0.4, 0.5) is 5.69 Å². The predicted octanol–water partition coefficient (Wildman–Crippen LogP) is 2.50. The van der Waals surface area contributed by atoms with Crippen LogP contribution in [-0.4, -0.2) is 41.8 Å². The number of amides is 3. The molecule has 2 aromatic carbocycles. The van der Waals surface area contributed by atoms with E-state index in [-0.39, 0.29) is 23.6 Å². The standard InChI is InChI=1S/C23H28N4O3/c1-16-7-6-8-19(15-16)23(30)26-25-21(28)17(2)27-13-11-18(12-14-27)22(29)24-20-9-4-3-5-10-20/h3-10,15,17-18H,11-14H2,1-2H3,(H,24,29)(H,25,28)(H,26,30)/t17-/m0/s1. The molecule has 1 saturated heterocycles. The molecule has 7 nitrogen and oxygen atoms in total. The van der Waals surface area contributed by atoms with Gasteiger partial charge in [0.05, 0.1) is 6.04 Å². The molecule has 0 aliphatic carbocycles. The Labute approximate surface area is 176 Å². The molecule has 0 radical (unpaired) electrons. The Morgan fingerprint density at radius 1 is 0.967 bits per heavy atom. The second kappa shape index (κ2) is 10.0. The van der Waals surface area contributed by atoms with Gasteiger partial charge in [0.2, 0.25) is 5.91 Å². The lowest BCUT2D eigenvalue weighted by atomic mass is 9.95. The molecule has 0 bridgehead atoms. The number of anilines is 1. The molecule has 1 fully saturated rings. The van der Waals surface area contributed by atoms with Crippen LogP contribution in [0, 0.1) is 12.8 Å². The number of rotatable bonds is 5. The maximum absolute atomic E-state index is 12.5. The van der Waals surface area contributed by atoms with E-state index in [2.05, 4.69) is 16.2 Å². The third-order valence-corrected chi connectivity index (χ3v) is 5.45. The minimum atomic E-state index is -0.402. The topological polar surface area (TPSA) is 90.5 Å². The predicted molar refractivity (Wildman–Crippen MR) is 116 cm³/mol. The molecule has 0 spiro atoms. The molecule has 3 rings (SSSR count). The van der Waals surface area contributed by atoms with E-state index in [1.165, 1.54) is 0 Å². The minimum absolute atomic E-state index is 0.0170. The summed E-state index contributed by atoms with van der Waals surface area (Å²) in [4.78, 5) is 39.1. The summed E-state index contributed by atoms with van der Waals surface area (Å²) in [5.41, 5.74) is 7.24. The number of nitrogens with zero attached hydrogens (tertiary/aromatic N) is 1. The molecule has 2 aromatic rings. The number of piperidine rings is 1. The summed E-state index contributed by atoms with van der Waals surface area (Å²) in [6.07, 6.45) is 1.37. The molecule has 3 amide bonds. The molecule has 1 aliphatic rings. The number of hydrazine groups is 1. The highest BCUT2D eigenvalue weighted by Gasteiger charge is 2.30. The maximum Gasteiger partial charge on any atom is 0.269 e. The lowest BCUT2D eigenvalue weighted by Gasteiger charge is -2.34. The second-order valence-corrected chi connectivity index (χ2v) is 7.65. The van der Waals surface area contributed by atoms with Crippen molar-refractivity contribution in [2.75, 3.05) is 18.4 Å². The Kier molecular flexibility index (Phi) is 7.19. The number of para-hydroxylation sites is 1. The number of aryl methyl sites for hydroxylation is 1. The van der Waals surface area contributed by atoms with Gasteiger partial charge in [0, 0.05) is 17.2 Å². The summed E-state index contributed by atoms with van der Waals surface area (Å²) in [7, 11) is 0. The van der Waals surface area contributed by atoms with Crippen LogP contribution in [0.15, 0.2) is 54.6 Å². The van der Waals surface area contributed by atoms with Crippen LogP contribution in [0.5, 0.6) is 0 Å². The fourth-order valence-electron chi connectivity index (χ4n) is 3.56. The summed E-state index contributed by atoms with van der Waals surface area (Å²) in [6.45, 7) is 5.00. The van der Waals surface area contributed by atoms with Crippen molar-refractivity contribution in [2.24, 2.45) is 5.92 Å². The molecule has 7 heteroatoms. The lowest BCUT2D eigenvalue weighted by Crippen LogP contribution is -2.53. The van der Waals surface area contributed by atoms with Gasteiger partial charge in [0.1, 0.15) is 0 Å². The molecule has 3 N–H and O–H groups in total. The molecule has 0 saturated carbocycles. The second-order valence-electron chi connectivity index (χ2n) is 7.65. The van der Waals surface area contributed by atoms with Gasteiger partial charge < -0.3 is 5.32 Å². The number of carbonyl (C=O) groups excluding carboxylic acids is 3. The molecule has 1 heterocycles. The highest BCUT2D eigenvalue weighted by molar-refractivity contribution is 5.96. The zero-order valence-corrected chi connectivity index (χ0v) is 17.4. The van der Waals surface area contributed by atoms with E-state index in [0.29, 0.717) is 31.5 Å². The molecule has 30 heavy (non-hydrogen) atoms. The van der Waals surface area contributed by atoms with Gasteiger partial charge in [0.15, 0.2) is 0 Å². The fourth-order valence-corrected chi connectivity index (χ4v) is 3.56. The van der Waals surface area contributed by atoms with Gasteiger partial charge in [-0.1, -0.05) is 35.9 Å². The van der Waals surface area contributed by atoms with Crippen LogP contribution >= 0.6 is 0 Å². The molecule has 1 atom stereocenters. The van der Waals surface area contributed by atoms with Crippen LogP contribution in [0.1, 0.15) is 35.7 Å². The molecule has 0 unspecified atom stereocenters. The number of hydrogen-bond donors (Lipinski definition) is 3. The zero-order chi connectivity index (χ0) is 21.5. The Morgan fingerprint density at radius 3 is 2.33 bits per heavy atom. The van der Waals surface area contributed by atoms with Crippen molar-refractivity contribution in [3.05, 3.63) is 65.7 Å². The Balaban J connectivity index is 1.44. The summed E-state index contributed by atoms with van der Waals surface area (Å²) >= 11 is 0. The van der Waals surface area contributed by atoms with E-state index in [9.17, 15) is 14.4 Å². The van der Waals surface area contributed by atoms with Crippen molar-refractivity contribution in [1.29, 1.82) is 0 Å². The smallest absolute Gasteiger partial charge is 0.269 e. The summed E-state index contributed by atoms with van der Waals surface area (Å²) in [5, 5.41) is 2.95. The highest BCUT2D eigenvalue weighted by Crippen LogP contribution is 2.21. The number of likely N-dealkylation sites (tertiary alicyclic amines) is 1. The number of carbonyl (C=O) groups is 3. The largest absolute Gasteiger partial charge is 0.326 e. The van der Waals surface area contributed by atoms with E-state index < -0.39 is 6.04 Å². The number of hydrogen-bond acceptors (Lipinski definition) is 4. The summed E-state index contributed by atoms with van der Waals surface area (Å²) < 4.78 is 0. The Bertz CT molecular complexity index is 892. The van der Waals surface area contributed by atoms with E-state index in [0.717, 1.165) is 11.3 Å². The van der Waals surface area contributed by atoms with Crippen molar-refractivity contribution in [1.82, 2.24) is 15.8 Å². The van der Waals surface area contributed by atoms with Gasteiger partial charge in [-0.2, -0.15) is 0 Å². The van der Waals surface area contributed by atoms with Gasteiger partial charge in [-0.15, -0.1) is 0 Å². The van der Waals surface area contributed by atoms with E-state index in [1.54, 1.807) is 25.1 Å². The Hall–Kier alpha value is -3.19.